The van der Waals surface area contributed by atoms with Crippen LogP contribution in [0.4, 0.5) is 0 Å². The van der Waals surface area contributed by atoms with Gasteiger partial charge >= 0.3 is 5.97 Å². The number of carbonyl (C=O) groups is 2. The van der Waals surface area contributed by atoms with Crippen molar-refractivity contribution in [2.24, 2.45) is 0 Å². The minimum Gasteiger partial charge on any atom is -0.486 e. The molecule has 0 radical (unpaired) electrons. The lowest BCUT2D eigenvalue weighted by Crippen LogP contribution is -2.43. The fourth-order valence-corrected chi connectivity index (χ4v) is 4.27. The summed E-state index contributed by atoms with van der Waals surface area (Å²) in [5.74, 6) is 0.911. The monoisotopic (exact) mass is 498 g/mol. The molecule has 0 spiro atoms. The molecular weight excluding hydrogens is 456 g/mol. The van der Waals surface area contributed by atoms with E-state index >= 15 is 0 Å². The van der Waals surface area contributed by atoms with E-state index in [-0.39, 0.29) is 25.0 Å². The van der Waals surface area contributed by atoms with Crippen LogP contribution < -0.4 is 9.47 Å². The molecule has 0 aliphatic heterocycles. The van der Waals surface area contributed by atoms with Crippen molar-refractivity contribution < 1.29 is 28.5 Å². The Morgan fingerprint density at radius 3 is 1.72 bits per heavy atom. The average Bonchev–Trinajstić information content (AvgIpc) is 2.93. The Balaban J connectivity index is 1.80. The quantitative estimate of drug-likeness (QED) is 0.171. The van der Waals surface area contributed by atoms with Crippen LogP contribution in [0.5, 0.6) is 11.5 Å². The Morgan fingerprint density at radius 2 is 1.22 bits per heavy atom. The minimum atomic E-state index is -0.845. The standard InChI is InChI=1S/C30H42O6/c1-5-29(6-2,36-28(32)24-34-26-19-13-10-14-20-26)21-15-16-22-35-30(7-3,8-4)27(31)23-33-25-17-11-9-12-18-25/h9-14,17-20H,5-8,15-16,21-24H2,1-4H3. The number of ketones is 1. The molecule has 0 saturated carbocycles. The summed E-state index contributed by atoms with van der Waals surface area (Å²) in [6.45, 7) is 8.36. The number of ether oxygens (including phenoxy) is 4. The van der Waals surface area contributed by atoms with E-state index in [0.717, 1.165) is 32.1 Å². The number of hydrogen-bond donors (Lipinski definition) is 0. The zero-order valence-corrected chi connectivity index (χ0v) is 22.3. The summed E-state index contributed by atoms with van der Waals surface area (Å²) in [5, 5.41) is 0. The van der Waals surface area contributed by atoms with Crippen molar-refractivity contribution in [3.63, 3.8) is 0 Å². The molecule has 6 nitrogen and oxygen atoms in total. The van der Waals surface area contributed by atoms with Crippen molar-refractivity contribution in [1.29, 1.82) is 0 Å². The first-order valence-electron chi connectivity index (χ1n) is 13.2. The maximum atomic E-state index is 13.0. The first-order valence-corrected chi connectivity index (χ1v) is 13.2. The van der Waals surface area contributed by atoms with Crippen molar-refractivity contribution in [1.82, 2.24) is 0 Å². The highest BCUT2D eigenvalue weighted by atomic mass is 16.6. The highest BCUT2D eigenvalue weighted by Gasteiger charge is 2.36. The minimum absolute atomic E-state index is 0.0124. The third-order valence-corrected chi connectivity index (χ3v) is 6.89. The molecule has 0 aliphatic rings. The van der Waals surface area contributed by atoms with E-state index < -0.39 is 11.2 Å². The molecule has 2 aromatic carbocycles. The molecule has 198 valence electrons. The number of hydrogen-bond acceptors (Lipinski definition) is 6. The zero-order valence-electron chi connectivity index (χ0n) is 22.3. The van der Waals surface area contributed by atoms with E-state index in [1.807, 2.05) is 88.4 Å². The van der Waals surface area contributed by atoms with Gasteiger partial charge in [-0.25, -0.2) is 4.79 Å². The second-order valence-corrected chi connectivity index (χ2v) is 9.00. The van der Waals surface area contributed by atoms with Crippen LogP contribution in [0.15, 0.2) is 60.7 Å². The van der Waals surface area contributed by atoms with Gasteiger partial charge in [-0.15, -0.1) is 0 Å². The van der Waals surface area contributed by atoms with Crippen molar-refractivity contribution in [3.8, 4) is 11.5 Å². The first-order chi connectivity index (χ1) is 17.4. The van der Waals surface area contributed by atoms with Crippen LogP contribution in [0.3, 0.4) is 0 Å². The smallest absolute Gasteiger partial charge is 0.344 e. The van der Waals surface area contributed by atoms with Gasteiger partial charge in [0, 0.05) is 6.61 Å². The first kappa shape index (κ1) is 29.4. The molecular formula is C30H42O6. The number of rotatable bonds is 18. The molecule has 36 heavy (non-hydrogen) atoms. The molecule has 0 unspecified atom stereocenters. The Labute approximate surface area is 216 Å². The van der Waals surface area contributed by atoms with Gasteiger partial charge in [0.25, 0.3) is 0 Å². The third-order valence-electron chi connectivity index (χ3n) is 6.89. The van der Waals surface area contributed by atoms with Gasteiger partial charge in [-0.05, 0) is 69.2 Å². The van der Waals surface area contributed by atoms with Crippen LogP contribution in [-0.2, 0) is 19.1 Å². The summed E-state index contributed by atoms with van der Waals surface area (Å²) in [4.78, 5) is 25.4. The molecule has 6 heteroatoms. The normalized spacial score (nSPS) is 11.7. The molecule has 0 aromatic heterocycles. The number of Topliss-reactive ketones (excluding diaryl/α,β-unsaturated/α-hetero) is 1. The number of carbonyl (C=O) groups excluding carboxylic acids is 2. The van der Waals surface area contributed by atoms with E-state index in [2.05, 4.69) is 0 Å². The van der Waals surface area contributed by atoms with Gasteiger partial charge in [0.05, 0.1) is 0 Å². The maximum absolute atomic E-state index is 13.0. The summed E-state index contributed by atoms with van der Waals surface area (Å²) in [7, 11) is 0. The van der Waals surface area contributed by atoms with Crippen molar-refractivity contribution in [2.45, 2.75) is 83.8 Å². The number of unbranched alkanes of at least 4 members (excludes halogenated alkanes) is 1. The van der Waals surface area contributed by atoms with Gasteiger partial charge in [0.1, 0.15) is 29.3 Å². The van der Waals surface area contributed by atoms with E-state index in [1.165, 1.54) is 0 Å². The molecule has 0 heterocycles. The summed E-state index contributed by atoms with van der Waals surface area (Å²) >= 11 is 0. The van der Waals surface area contributed by atoms with Gasteiger partial charge in [-0.1, -0.05) is 64.1 Å². The average molecular weight is 499 g/mol. The fourth-order valence-electron chi connectivity index (χ4n) is 4.27. The van der Waals surface area contributed by atoms with E-state index in [9.17, 15) is 9.59 Å². The van der Waals surface area contributed by atoms with Crippen LogP contribution >= 0.6 is 0 Å². The fraction of sp³-hybridized carbons (Fsp3) is 0.533. The lowest BCUT2D eigenvalue weighted by Gasteiger charge is -2.32. The second-order valence-electron chi connectivity index (χ2n) is 9.00. The lowest BCUT2D eigenvalue weighted by atomic mass is 9.90. The number of para-hydroxylation sites is 2. The summed E-state index contributed by atoms with van der Waals surface area (Å²) in [6.07, 6.45) is 4.97. The Kier molecular flexibility index (Phi) is 12.5. The zero-order chi connectivity index (χ0) is 26.3. The topological polar surface area (TPSA) is 71.1 Å². The molecule has 2 aromatic rings. The van der Waals surface area contributed by atoms with Crippen LogP contribution in [-0.4, -0.2) is 42.8 Å². The van der Waals surface area contributed by atoms with Crippen LogP contribution in [0.25, 0.3) is 0 Å². The summed E-state index contributed by atoms with van der Waals surface area (Å²) < 4.78 is 23.3. The van der Waals surface area contributed by atoms with Crippen LogP contribution in [0, 0.1) is 0 Å². The largest absolute Gasteiger partial charge is 0.486 e. The van der Waals surface area contributed by atoms with E-state index in [0.29, 0.717) is 30.9 Å². The third kappa shape index (κ3) is 8.98. The predicted octanol–water partition coefficient (Wildman–Crippen LogP) is 6.56. The molecule has 0 N–H and O–H groups in total. The van der Waals surface area contributed by atoms with Gasteiger partial charge in [0.15, 0.2) is 6.61 Å². The van der Waals surface area contributed by atoms with Gasteiger partial charge in [0.2, 0.25) is 5.78 Å². The molecule has 0 saturated heterocycles. The van der Waals surface area contributed by atoms with Crippen molar-refractivity contribution in [2.75, 3.05) is 19.8 Å². The highest BCUT2D eigenvalue weighted by Crippen LogP contribution is 2.29. The van der Waals surface area contributed by atoms with Crippen molar-refractivity contribution >= 4 is 11.8 Å². The van der Waals surface area contributed by atoms with Crippen LogP contribution in [0.1, 0.15) is 72.6 Å². The Hall–Kier alpha value is -2.86. The molecule has 0 aliphatic carbocycles. The second kappa shape index (κ2) is 15.3. The van der Waals surface area contributed by atoms with E-state index in [1.54, 1.807) is 0 Å². The lowest BCUT2D eigenvalue weighted by molar-refractivity contribution is -0.164. The van der Waals surface area contributed by atoms with Gasteiger partial charge in [-0.3, -0.25) is 4.79 Å². The Bertz CT molecular complexity index is 888. The number of benzene rings is 2. The summed E-state index contributed by atoms with van der Waals surface area (Å²) in [5.41, 5.74) is -1.37. The molecule has 0 atom stereocenters. The van der Waals surface area contributed by atoms with E-state index in [4.69, 9.17) is 18.9 Å². The highest BCUT2D eigenvalue weighted by molar-refractivity contribution is 5.88. The maximum Gasteiger partial charge on any atom is 0.344 e. The molecule has 0 fully saturated rings. The SMILES string of the molecule is CCC(CC)(CCCCOC(CC)(CC)C(=O)COc1ccccc1)OC(=O)COc1ccccc1. The van der Waals surface area contributed by atoms with Crippen molar-refractivity contribution in [3.05, 3.63) is 60.7 Å². The summed E-state index contributed by atoms with van der Waals surface area (Å²) in [6, 6.07) is 18.6. The Morgan fingerprint density at radius 1 is 0.694 bits per heavy atom. The molecule has 2 rings (SSSR count). The predicted molar refractivity (Wildman–Crippen MR) is 141 cm³/mol. The molecule has 0 amide bonds. The van der Waals surface area contributed by atoms with Gasteiger partial charge in [-0.2, -0.15) is 0 Å². The number of esters is 1. The molecule has 0 bridgehead atoms. The van der Waals surface area contributed by atoms with Gasteiger partial charge < -0.3 is 18.9 Å². The van der Waals surface area contributed by atoms with Crippen LogP contribution in [0.2, 0.25) is 0 Å².